The van der Waals surface area contributed by atoms with Crippen LogP contribution in [0.5, 0.6) is 0 Å². The Kier molecular flexibility index (Phi) is 2.31. The summed E-state index contributed by atoms with van der Waals surface area (Å²) in [7, 11) is 0. The molecule has 0 aliphatic rings. The minimum atomic E-state index is 0.472. The van der Waals surface area contributed by atoms with Crippen LogP contribution in [0.4, 0.5) is 0 Å². The van der Waals surface area contributed by atoms with Gasteiger partial charge in [-0.25, -0.2) is 0 Å². The van der Waals surface area contributed by atoms with E-state index in [2.05, 4.69) is 22.8 Å². The Bertz CT molecular complexity index is 386. The quantitative estimate of drug-likeness (QED) is 0.741. The van der Waals surface area contributed by atoms with Gasteiger partial charge in [0.05, 0.1) is 5.75 Å². The molecule has 4 heteroatoms. The van der Waals surface area contributed by atoms with E-state index in [0.717, 1.165) is 5.56 Å². The summed E-state index contributed by atoms with van der Waals surface area (Å²) in [5.74, 6) is 1.56. The second-order valence-electron chi connectivity index (χ2n) is 2.53. The minimum Gasteiger partial charge on any atom is -0.420 e. The van der Waals surface area contributed by atoms with Crippen molar-refractivity contribution in [2.75, 3.05) is 0 Å². The summed E-state index contributed by atoms with van der Waals surface area (Å²) < 4.78 is 5.32. The number of thiol groups is 1. The van der Waals surface area contributed by atoms with Crippen LogP contribution >= 0.6 is 12.6 Å². The zero-order valence-electron chi connectivity index (χ0n) is 6.84. The molecule has 0 saturated carbocycles. The Labute approximate surface area is 81.2 Å². The first-order valence-corrected chi connectivity index (χ1v) is 4.52. The van der Waals surface area contributed by atoms with Gasteiger partial charge in [-0.15, -0.1) is 10.2 Å². The minimum absolute atomic E-state index is 0.472. The molecule has 0 bridgehead atoms. The highest BCUT2D eigenvalue weighted by Crippen LogP contribution is 2.17. The third kappa shape index (κ3) is 1.72. The van der Waals surface area contributed by atoms with Gasteiger partial charge in [0, 0.05) is 5.56 Å². The van der Waals surface area contributed by atoms with E-state index >= 15 is 0 Å². The van der Waals surface area contributed by atoms with Crippen molar-refractivity contribution in [1.29, 1.82) is 0 Å². The molecule has 0 amide bonds. The number of hydrogen-bond donors (Lipinski definition) is 1. The Balaban J connectivity index is 2.36. The van der Waals surface area contributed by atoms with Crippen LogP contribution in [0.1, 0.15) is 5.89 Å². The van der Waals surface area contributed by atoms with Crippen LogP contribution in [-0.2, 0) is 5.75 Å². The number of nitrogens with zero attached hydrogens (tertiary/aromatic N) is 2. The molecular weight excluding hydrogens is 184 g/mol. The van der Waals surface area contributed by atoms with E-state index in [1.165, 1.54) is 0 Å². The maximum atomic E-state index is 5.32. The van der Waals surface area contributed by atoms with Crippen molar-refractivity contribution >= 4 is 12.6 Å². The Morgan fingerprint density at radius 3 is 2.54 bits per heavy atom. The van der Waals surface area contributed by atoms with Crippen LogP contribution in [0, 0.1) is 0 Å². The highest BCUT2D eigenvalue weighted by atomic mass is 32.1. The van der Waals surface area contributed by atoms with Crippen molar-refractivity contribution in [2.45, 2.75) is 5.75 Å². The molecule has 0 N–H and O–H groups in total. The van der Waals surface area contributed by atoms with Gasteiger partial charge in [-0.05, 0) is 12.1 Å². The van der Waals surface area contributed by atoms with Crippen molar-refractivity contribution in [3.05, 3.63) is 36.2 Å². The van der Waals surface area contributed by atoms with Crippen LogP contribution in [-0.4, -0.2) is 10.2 Å². The first kappa shape index (κ1) is 8.31. The average molecular weight is 192 g/mol. The molecule has 0 unspecified atom stereocenters. The second kappa shape index (κ2) is 3.62. The Morgan fingerprint density at radius 2 is 1.92 bits per heavy atom. The van der Waals surface area contributed by atoms with Crippen molar-refractivity contribution in [2.24, 2.45) is 0 Å². The topological polar surface area (TPSA) is 38.9 Å². The summed E-state index contributed by atoms with van der Waals surface area (Å²) in [5.41, 5.74) is 0.933. The molecule has 0 atom stereocenters. The molecule has 1 heterocycles. The van der Waals surface area contributed by atoms with E-state index in [1.807, 2.05) is 30.3 Å². The lowest BCUT2D eigenvalue weighted by atomic mass is 10.2. The third-order valence-corrected chi connectivity index (χ3v) is 1.89. The van der Waals surface area contributed by atoms with Crippen LogP contribution in [0.25, 0.3) is 11.5 Å². The largest absolute Gasteiger partial charge is 0.420 e. The van der Waals surface area contributed by atoms with Gasteiger partial charge < -0.3 is 4.42 Å². The number of hydrogen-bond acceptors (Lipinski definition) is 4. The summed E-state index contributed by atoms with van der Waals surface area (Å²) in [5, 5.41) is 7.71. The van der Waals surface area contributed by atoms with Crippen LogP contribution < -0.4 is 0 Å². The van der Waals surface area contributed by atoms with Gasteiger partial charge >= 0.3 is 0 Å². The maximum absolute atomic E-state index is 5.32. The van der Waals surface area contributed by atoms with Gasteiger partial charge in [0.2, 0.25) is 11.8 Å². The Hall–Kier alpha value is -1.29. The van der Waals surface area contributed by atoms with Crippen molar-refractivity contribution in [1.82, 2.24) is 10.2 Å². The fraction of sp³-hybridized carbons (Fsp3) is 0.111. The van der Waals surface area contributed by atoms with E-state index in [0.29, 0.717) is 17.5 Å². The molecule has 0 spiro atoms. The fourth-order valence-electron chi connectivity index (χ4n) is 1.01. The number of rotatable bonds is 2. The molecule has 0 aliphatic carbocycles. The van der Waals surface area contributed by atoms with Gasteiger partial charge in [0.25, 0.3) is 0 Å². The SMILES string of the molecule is SCc1nnc(-c2ccccc2)o1. The van der Waals surface area contributed by atoms with Crippen LogP contribution in [0.3, 0.4) is 0 Å². The lowest BCUT2D eigenvalue weighted by Crippen LogP contribution is -1.75. The summed E-state index contributed by atoms with van der Waals surface area (Å²) in [6, 6.07) is 9.66. The van der Waals surface area contributed by atoms with Gasteiger partial charge in [-0.3, -0.25) is 0 Å². The summed E-state index contributed by atoms with van der Waals surface area (Å²) in [6.07, 6.45) is 0. The van der Waals surface area contributed by atoms with Crippen molar-refractivity contribution in [3.8, 4) is 11.5 Å². The van der Waals surface area contributed by atoms with Crippen molar-refractivity contribution in [3.63, 3.8) is 0 Å². The van der Waals surface area contributed by atoms with E-state index in [-0.39, 0.29) is 0 Å². The second-order valence-corrected chi connectivity index (χ2v) is 2.84. The van der Waals surface area contributed by atoms with Gasteiger partial charge in [-0.1, -0.05) is 18.2 Å². The smallest absolute Gasteiger partial charge is 0.247 e. The molecule has 0 saturated heterocycles. The van der Waals surface area contributed by atoms with Crippen LogP contribution in [0.2, 0.25) is 0 Å². The zero-order valence-corrected chi connectivity index (χ0v) is 7.74. The molecule has 66 valence electrons. The summed E-state index contributed by atoms with van der Waals surface area (Å²) in [6.45, 7) is 0. The first-order chi connectivity index (χ1) is 6.40. The molecule has 2 rings (SSSR count). The predicted molar refractivity (Wildman–Crippen MR) is 52.4 cm³/mol. The molecule has 0 aliphatic heterocycles. The third-order valence-electron chi connectivity index (χ3n) is 1.62. The van der Waals surface area contributed by atoms with Crippen molar-refractivity contribution < 1.29 is 4.42 Å². The highest BCUT2D eigenvalue weighted by Gasteiger charge is 2.05. The first-order valence-electron chi connectivity index (χ1n) is 3.89. The zero-order chi connectivity index (χ0) is 9.10. The van der Waals surface area contributed by atoms with Gasteiger partial charge in [0.1, 0.15) is 0 Å². The van der Waals surface area contributed by atoms with Crippen LogP contribution in [0.15, 0.2) is 34.7 Å². The molecule has 13 heavy (non-hydrogen) atoms. The molecule has 3 nitrogen and oxygen atoms in total. The summed E-state index contributed by atoms with van der Waals surface area (Å²) >= 11 is 4.04. The van der Waals surface area contributed by atoms with E-state index in [4.69, 9.17) is 4.42 Å². The van der Waals surface area contributed by atoms with Gasteiger partial charge in [0.15, 0.2) is 0 Å². The van der Waals surface area contributed by atoms with E-state index in [1.54, 1.807) is 0 Å². The number of aromatic nitrogens is 2. The normalized spacial score (nSPS) is 10.2. The predicted octanol–water partition coefficient (Wildman–Crippen LogP) is 2.17. The molecule has 0 fully saturated rings. The fourth-order valence-corrected chi connectivity index (χ4v) is 1.14. The molecule has 1 aromatic carbocycles. The molecular formula is C9H8N2OS. The lowest BCUT2D eigenvalue weighted by molar-refractivity contribution is 0.529. The molecule has 2 aromatic rings. The summed E-state index contributed by atoms with van der Waals surface area (Å²) in [4.78, 5) is 0. The number of benzene rings is 1. The highest BCUT2D eigenvalue weighted by molar-refractivity contribution is 7.79. The average Bonchev–Trinajstić information content (AvgIpc) is 2.67. The maximum Gasteiger partial charge on any atom is 0.247 e. The monoisotopic (exact) mass is 192 g/mol. The van der Waals surface area contributed by atoms with E-state index < -0.39 is 0 Å². The standard InChI is InChI=1S/C9H8N2OS/c13-6-8-10-11-9(12-8)7-4-2-1-3-5-7/h1-5,13H,6H2. The van der Waals surface area contributed by atoms with E-state index in [9.17, 15) is 0 Å². The molecule has 1 aromatic heterocycles. The van der Waals surface area contributed by atoms with Gasteiger partial charge in [-0.2, -0.15) is 12.6 Å². The lowest BCUT2D eigenvalue weighted by Gasteiger charge is -1.90. The molecule has 0 radical (unpaired) electrons. The Morgan fingerprint density at radius 1 is 1.15 bits per heavy atom.